The summed E-state index contributed by atoms with van der Waals surface area (Å²) in [6, 6.07) is 8.85. The van der Waals surface area contributed by atoms with Crippen LogP contribution in [0.25, 0.3) is 0 Å². The van der Waals surface area contributed by atoms with Crippen molar-refractivity contribution in [3.05, 3.63) is 65.5 Å². The summed E-state index contributed by atoms with van der Waals surface area (Å²) in [6.07, 6.45) is 1.42. The van der Waals surface area contributed by atoms with Gasteiger partial charge in [0.1, 0.15) is 27.6 Å². The highest BCUT2D eigenvalue weighted by molar-refractivity contribution is 8.15. The lowest BCUT2D eigenvalue weighted by molar-refractivity contribution is -0.131. The standard InChI is InChI=1S/C22H21ClFN3O4S/c1-4-9-27-22(29)19(32-21(26-27)13-5-7-14(24)8-6-13)12-20(28)25-16-11-17(30-2)15(23)10-18(16)31-3/h4-8,10-11,19H,1,9,12H2,2-3H3,(H,25,28)/t19-/m0/s1. The third-order valence-electron chi connectivity index (χ3n) is 4.51. The second-order valence-corrected chi connectivity index (χ2v) is 8.27. The summed E-state index contributed by atoms with van der Waals surface area (Å²) in [7, 11) is 2.91. The number of anilines is 1. The van der Waals surface area contributed by atoms with Gasteiger partial charge in [-0.2, -0.15) is 5.10 Å². The smallest absolute Gasteiger partial charge is 0.257 e. The Labute approximate surface area is 194 Å². The van der Waals surface area contributed by atoms with Crippen LogP contribution in [-0.2, 0) is 9.59 Å². The molecule has 0 unspecified atom stereocenters. The second kappa shape index (κ2) is 10.5. The molecule has 0 fully saturated rings. The Balaban J connectivity index is 1.80. The number of hydrogen-bond acceptors (Lipinski definition) is 6. The number of ether oxygens (including phenoxy) is 2. The number of hydrogen-bond donors (Lipinski definition) is 1. The fourth-order valence-corrected chi connectivity index (χ4v) is 4.34. The van der Waals surface area contributed by atoms with Crippen molar-refractivity contribution in [2.75, 3.05) is 26.1 Å². The van der Waals surface area contributed by atoms with E-state index in [2.05, 4.69) is 17.0 Å². The van der Waals surface area contributed by atoms with Crippen LogP contribution >= 0.6 is 23.4 Å². The first-order chi connectivity index (χ1) is 15.4. The first-order valence-corrected chi connectivity index (χ1v) is 10.8. The Morgan fingerprint density at radius 2 is 1.97 bits per heavy atom. The van der Waals surface area contributed by atoms with Gasteiger partial charge in [-0.1, -0.05) is 29.4 Å². The lowest BCUT2D eigenvalue weighted by atomic mass is 10.2. The monoisotopic (exact) mass is 477 g/mol. The highest BCUT2D eigenvalue weighted by Gasteiger charge is 2.33. The van der Waals surface area contributed by atoms with E-state index < -0.39 is 11.2 Å². The number of nitrogens with one attached hydrogen (secondary N) is 1. The van der Waals surface area contributed by atoms with E-state index >= 15 is 0 Å². The molecule has 2 aromatic rings. The number of thioether (sulfide) groups is 1. The minimum atomic E-state index is -0.729. The topological polar surface area (TPSA) is 80.2 Å². The third kappa shape index (κ3) is 5.41. The van der Waals surface area contributed by atoms with Crippen molar-refractivity contribution in [1.29, 1.82) is 0 Å². The quantitative estimate of drug-likeness (QED) is 0.573. The molecule has 1 aliphatic rings. The van der Waals surface area contributed by atoms with Gasteiger partial charge in [0, 0.05) is 24.1 Å². The fraction of sp³-hybridized carbons (Fsp3) is 0.227. The molecule has 32 heavy (non-hydrogen) atoms. The molecule has 1 atom stereocenters. The number of benzene rings is 2. The van der Waals surface area contributed by atoms with Crippen molar-refractivity contribution in [2.45, 2.75) is 11.7 Å². The van der Waals surface area contributed by atoms with Crippen LogP contribution in [0.15, 0.2) is 54.2 Å². The molecular weight excluding hydrogens is 457 g/mol. The highest BCUT2D eigenvalue weighted by atomic mass is 35.5. The third-order valence-corrected chi connectivity index (χ3v) is 6.00. The predicted molar refractivity (Wildman–Crippen MR) is 124 cm³/mol. The van der Waals surface area contributed by atoms with E-state index in [1.807, 2.05) is 0 Å². The number of methoxy groups -OCH3 is 2. The number of nitrogens with zero attached hydrogens (tertiary/aromatic N) is 2. The molecule has 0 saturated heterocycles. The van der Waals surface area contributed by atoms with Crippen molar-refractivity contribution in [3.63, 3.8) is 0 Å². The Morgan fingerprint density at radius 1 is 1.28 bits per heavy atom. The predicted octanol–water partition coefficient (Wildman–Crippen LogP) is 4.32. The van der Waals surface area contributed by atoms with Crippen LogP contribution in [-0.4, -0.2) is 47.9 Å². The Hall–Kier alpha value is -3.04. The van der Waals surface area contributed by atoms with Crippen LogP contribution in [0.1, 0.15) is 12.0 Å². The zero-order valence-corrected chi connectivity index (χ0v) is 19.0. The van der Waals surface area contributed by atoms with E-state index in [4.69, 9.17) is 21.1 Å². The second-order valence-electron chi connectivity index (χ2n) is 6.67. The zero-order valence-electron chi connectivity index (χ0n) is 17.4. The summed E-state index contributed by atoms with van der Waals surface area (Å²) in [6.45, 7) is 3.83. The summed E-state index contributed by atoms with van der Waals surface area (Å²) in [4.78, 5) is 25.6. The molecule has 0 aromatic heterocycles. The van der Waals surface area contributed by atoms with Crippen molar-refractivity contribution in [1.82, 2.24) is 5.01 Å². The maximum atomic E-state index is 13.3. The van der Waals surface area contributed by atoms with Gasteiger partial charge < -0.3 is 14.8 Å². The number of halogens is 2. The first kappa shape index (κ1) is 23.6. The van der Waals surface area contributed by atoms with Gasteiger partial charge in [0.15, 0.2) is 0 Å². The molecule has 0 saturated carbocycles. The van der Waals surface area contributed by atoms with Crippen LogP contribution in [0, 0.1) is 5.82 Å². The molecule has 0 spiro atoms. The van der Waals surface area contributed by atoms with E-state index in [0.29, 0.717) is 32.8 Å². The molecular formula is C22H21ClFN3O4S. The van der Waals surface area contributed by atoms with Crippen LogP contribution in [0.2, 0.25) is 5.02 Å². The summed E-state index contributed by atoms with van der Waals surface area (Å²) >= 11 is 7.26. The molecule has 2 aromatic carbocycles. The van der Waals surface area contributed by atoms with Gasteiger partial charge >= 0.3 is 0 Å². The number of carbonyl (C=O) groups excluding carboxylic acids is 2. The molecule has 1 aliphatic heterocycles. The van der Waals surface area contributed by atoms with Gasteiger partial charge in [-0.05, 0) is 24.3 Å². The average molecular weight is 478 g/mol. The van der Waals surface area contributed by atoms with Crippen molar-refractivity contribution in [3.8, 4) is 11.5 Å². The number of carbonyl (C=O) groups is 2. The molecule has 10 heteroatoms. The SMILES string of the molecule is C=CCN1N=C(c2ccc(F)cc2)S[C@@H](CC(=O)Nc2cc(OC)c(Cl)cc2OC)C1=O. The maximum absolute atomic E-state index is 13.3. The fourth-order valence-electron chi connectivity index (χ4n) is 2.96. The summed E-state index contributed by atoms with van der Waals surface area (Å²) in [5, 5.41) is 8.45. The molecule has 0 bridgehead atoms. The average Bonchev–Trinajstić information content (AvgIpc) is 2.77. The van der Waals surface area contributed by atoms with Crippen LogP contribution < -0.4 is 14.8 Å². The van der Waals surface area contributed by atoms with Crippen molar-refractivity contribution < 1.29 is 23.5 Å². The summed E-state index contributed by atoms with van der Waals surface area (Å²) in [5.74, 6) is -0.381. The van der Waals surface area contributed by atoms with Crippen LogP contribution in [0.4, 0.5) is 10.1 Å². The zero-order chi connectivity index (χ0) is 23.3. The van der Waals surface area contributed by atoms with E-state index in [0.717, 1.165) is 11.8 Å². The normalized spacial score (nSPS) is 15.8. The van der Waals surface area contributed by atoms with Gasteiger partial charge in [0.05, 0.1) is 31.5 Å². The van der Waals surface area contributed by atoms with Gasteiger partial charge in [-0.25, -0.2) is 9.40 Å². The highest BCUT2D eigenvalue weighted by Crippen LogP contribution is 2.36. The Morgan fingerprint density at radius 3 is 2.59 bits per heavy atom. The van der Waals surface area contributed by atoms with E-state index in [9.17, 15) is 14.0 Å². The first-order valence-electron chi connectivity index (χ1n) is 9.51. The van der Waals surface area contributed by atoms with Gasteiger partial charge in [-0.15, -0.1) is 6.58 Å². The largest absolute Gasteiger partial charge is 0.495 e. The number of hydrazone groups is 1. The van der Waals surface area contributed by atoms with Crippen LogP contribution in [0.5, 0.6) is 11.5 Å². The van der Waals surface area contributed by atoms with E-state index in [1.165, 1.54) is 37.4 Å². The summed E-state index contributed by atoms with van der Waals surface area (Å²) in [5.41, 5.74) is 1.01. The van der Waals surface area contributed by atoms with Gasteiger partial charge in [0.2, 0.25) is 5.91 Å². The van der Waals surface area contributed by atoms with E-state index in [-0.39, 0.29) is 24.7 Å². The van der Waals surface area contributed by atoms with E-state index in [1.54, 1.807) is 24.3 Å². The minimum Gasteiger partial charge on any atom is -0.495 e. The van der Waals surface area contributed by atoms with Gasteiger partial charge in [0.25, 0.3) is 5.91 Å². The molecule has 0 radical (unpaired) electrons. The van der Waals surface area contributed by atoms with Crippen molar-refractivity contribution >= 4 is 45.9 Å². The molecule has 7 nitrogen and oxygen atoms in total. The number of amides is 2. The Bertz CT molecular complexity index is 1060. The molecule has 0 aliphatic carbocycles. The van der Waals surface area contributed by atoms with Gasteiger partial charge in [-0.3, -0.25) is 9.59 Å². The molecule has 3 rings (SSSR count). The van der Waals surface area contributed by atoms with Crippen molar-refractivity contribution in [2.24, 2.45) is 5.10 Å². The molecule has 1 heterocycles. The Kier molecular flexibility index (Phi) is 7.76. The maximum Gasteiger partial charge on any atom is 0.257 e. The minimum absolute atomic E-state index is 0.120. The summed E-state index contributed by atoms with van der Waals surface area (Å²) < 4.78 is 23.8. The molecule has 2 amide bonds. The molecule has 168 valence electrons. The van der Waals surface area contributed by atoms with Crippen LogP contribution in [0.3, 0.4) is 0 Å². The molecule has 1 N–H and O–H groups in total. The lowest BCUT2D eigenvalue weighted by Gasteiger charge is -2.28. The number of rotatable bonds is 8. The lowest BCUT2D eigenvalue weighted by Crippen LogP contribution is -2.41.